The Bertz CT molecular complexity index is 636. The van der Waals surface area contributed by atoms with Crippen molar-refractivity contribution in [1.29, 1.82) is 0 Å². The van der Waals surface area contributed by atoms with Crippen LogP contribution in [0.15, 0.2) is 54.6 Å². The first-order valence-electron chi connectivity index (χ1n) is 5.61. The van der Waals surface area contributed by atoms with Gasteiger partial charge in [-0.1, -0.05) is 36.4 Å². The maximum Gasteiger partial charge on any atom is 0.236 e. The van der Waals surface area contributed by atoms with Crippen LogP contribution in [-0.2, 0) is 10.0 Å². The minimum Gasteiger partial charge on any atom is -0.238 e. The van der Waals surface area contributed by atoms with Crippen molar-refractivity contribution in [2.45, 2.75) is 6.92 Å². The second kappa shape index (κ2) is 4.82. The standard InChI is InChI=1S/C14H15NO2S/c1-12-8-6-7-11-14(12)15(18(2,16)17)13-9-4-3-5-10-13/h3-11H,1-2H3. The lowest BCUT2D eigenvalue weighted by Gasteiger charge is -2.24. The highest BCUT2D eigenvalue weighted by atomic mass is 32.2. The van der Waals surface area contributed by atoms with Crippen molar-refractivity contribution in [1.82, 2.24) is 0 Å². The van der Waals surface area contributed by atoms with E-state index in [-0.39, 0.29) is 0 Å². The number of rotatable bonds is 3. The summed E-state index contributed by atoms with van der Waals surface area (Å²) in [5.41, 5.74) is 2.26. The number of aryl methyl sites for hydroxylation is 1. The molecule has 0 atom stereocenters. The van der Waals surface area contributed by atoms with Gasteiger partial charge in [-0.2, -0.15) is 0 Å². The van der Waals surface area contributed by atoms with Crippen molar-refractivity contribution in [3.05, 3.63) is 60.2 Å². The summed E-state index contributed by atoms with van der Waals surface area (Å²) in [5.74, 6) is 0. The van der Waals surface area contributed by atoms with Gasteiger partial charge in [-0.3, -0.25) is 0 Å². The molecule has 2 aromatic carbocycles. The summed E-state index contributed by atoms with van der Waals surface area (Å²) in [6.45, 7) is 1.90. The van der Waals surface area contributed by atoms with Gasteiger partial charge < -0.3 is 0 Å². The van der Waals surface area contributed by atoms with E-state index < -0.39 is 10.0 Å². The molecule has 0 heterocycles. The number of anilines is 2. The molecule has 94 valence electrons. The topological polar surface area (TPSA) is 37.4 Å². The molecule has 0 saturated heterocycles. The zero-order valence-corrected chi connectivity index (χ0v) is 11.2. The number of hydrogen-bond acceptors (Lipinski definition) is 2. The molecule has 0 amide bonds. The van der Waals surface area contributed by atoms with E-state index in [1.807, 2.05) is 49.4 Å². The molecule has 0 saturated carbocycles. The lowest BCUT2D eigenvalue weighted by atomic mass is 10.2. The molecular formula is C14H15NO2S. The van der Waals surface area contributed by atoms with E-state index in [1.54, 1.807) is 12.1 Å². The van der Waals surface area contributed by atoms with Gasteiger partial charge in [0, 0.05) is 0 Å². The second-order valence-corrected chi connectivity index (χ2v) is 5.98. The van der Waals surface area contributed by atoms with Crippen molar-refractivity contribution < 1.29 is 8.42 Å². The van der Waals surface area contributed by atoms with Crippen molar-refractivity contribution in [3.63, 3.8) is 0 Å². The van der Waals surface area contributed by atoms with Crippen LogP contribution in [0.2, 0.25) is 0 Å². The molecule has 2 rings (SSSR count). The highest BCUT2D eigenvalue weighted by Crippen LogP contribution is 2.30. The van der Waals surface area contributed by atoms with Crippen LogP contribution < -0.4 is 4.31 Å². The fraction of sp³-hybridized carbons (Fsp3) is 0.143. The summed E-state index contributed by atoms with van der Waals surface area (Å²) >= 11 is 0. The molecule has 2 aromatic rings. The number of nitrogens with zero attached hydrogens (tertiary/aromatic N) is 1. The number of hydrogen-bond donors (Lipinski definition) is 0. The van der Waals surface area contributed by atoms with E-state index >= 15 is 0 Å². The van der Waals surface area contributed by atoms with Crippen molar-refractivity contribution in [3.8, 4) is 0 Å². The Morgan fingerprint density at radius 3 is 2.00 bits per heavy atom. The molecule has 18 heavy (non-hydrogen) atoms. The summed E-state index contributed by atoms with van der Waals surface area (Å²) in [6.07, 6.45) is 1.21. The monoisotopic (exact) mass is 261 g/mol. The van der Waals surface area contributed by atoms with Crippen molar-refractivity contribution in [2.24, 2.45) is 0 Å². The fourth-order valence-corrected chi connectivity index (χ4v) is 2.93. The summed E-state index contributed by atoms with van der Waals surface area (Å²) in [6, 6.07) is 16.5. The molecular weight excluding hydrogens is 246 g/mol. The summed E-state index contributed by atoms with van der Waals surface area (Å²) < 4.78 is 25.4. The van der Waals surface area contributed by atoms with Crippen LogP contribution in [0, 0.1) is 6.92 Å². The van der Waals surface area contributed by atoms with Crippen LogP contribution in [0.3, 0.4) is 0 Å². The minimum atomic E-state index is -3.36. The Balaban J connectivity index is 2.63. The summed E-state index contributed by atoms with van der Waals surface area (Å²) in [5, 5.41) is 0. The Hall–Kier alpha value is -1.81. The lowest BCUT2D eigenvalue weighted by Crippen LogP contribution is -2.25. The molecule has 0 unspecified atom stereocenters. The van der Waals surface area contributed by atoms with Gasteiger partial charge >= 0.3 is 0 Å². The molecule has 0 fully saturated rings. The molecule has 0 bridgehead atoms. The van der Waals surface area contributed by atoms with Crippen LogP contribution in [0.1, 0.15) is 5.56 Å². The predicted molar refractivity (Wildman–Crippen MR) is 74.6 cm³/mol. The van der Waals surface area contributed by atoms with Crippen LogP contribution in [0.25, 0.3) is 0 Å². The van der Waals surface area contributed by atoms with E-state index in [0.717, 1.165) is 5.56 Å². The third-order valence-electron chi connectivity index (χ3n) is 2.66. The molecule has 0 aromatic heterocycles. The van der Waals surface area contributed by atoms with Gasteiger partial charge in [-0.25, -0.2) is 12.7 Å². The molecule has 0 aliphatic carbocycles. The highest BCUT2D eigenvalue weighted by Gasteiger charge is 2.20. The van der Waals surface area contributed by atoms with Crippen LogP contribution in [0.5, 0.6) is 0 Å². The van der Waals surface area contributed by atoms with Crippen LogP contribution in [-0.4, -0.2) is 14.7 Å². The van der Waals surface area contributed by atoms with E-state index in [4.69, 9.17) is 0 Å². The number of benzene rings is 2. The summed E-state index contributed by atoms with van der Waals surface area (Å²) in [7, 11) is -3.36. The Morgan fingerprint density at radius 2 is 1.44 bits per heavy atom. The molecule has 0 spiro atoms. The van der Waals surface area contributed by atoms with E-state index in [9.17, 15) is 8.42 Å². The maximum atomic E-state index is 12.0. The Kier molecular flexibility index (Phi) is 3.39. The maximum absolute atomic E-state index is 12.0. The molecule has 0 aliphatic rings. The van der Waals surface area contributed by atoms with Gasteiger partial charge in [-0.05, 0) is 30.7 Å². The molecule has 4 heteroatoms. The fourth-order valence-electron chi connectivity index (χ4n) is 1.86. The molecule has 0 radical (unpaired) electrons. The summed E-state index contributed by atoms with van der Waals surface area (Å²) in [4.78, 5) is 0. The minimum absolute atomic E-state index is 0.648. The quantitative estimate of drug-likeness (QED) is 0.851. The lowest BCUT2D eigenvalue weighted by molar-refractivity contribution is 0.602. The molecule has 3 nitrogen and oxygen atoms in total. The second-order valence-electron chi connectivity index (χ2n) is 4.15. The third-order valence-corrected chi connectivity index (χ3v) is 3.73. The Labute approximate surface area is 108 Å². The first-order valence-corrected chi connectivity index (χ1v) is 7.46. The zero-order chi connectivity index (χ0) is 13.2. The highest BCUT2D eigenvalue weighted by molar-refractivity contribution is 7.92. The van der Waals surface area contributed by atoms with Crippen LogP contribution in [0.4, 0.5) is 11.4 Å². The van der Waals surface area contributed by atoms with Gasteiger partial charge in [0.1, 0.15) is 0 Å². The van der Waals surface area contributed by atoms with Gasteiger partial charge in [-0.15, -0.1) is 0 Å². The number of para-hydroxylation sites is 2. The van der Waals surface area contributed by atoms with E-state index in [0.29, 0.717) is 11.4 Å². The number of sulfonamides is 1. The largest absolute Gasteiger partial charge is 0.238 e. The zero-order valence-electron chi connectivity index (χ0n) is 10.4. The van der Waals surface area contributed by atoms with Gasteiger partial charge in [0.2, 0.25) is 10.0 Å². The van der Waals surface area contributed by atoms with Gasteiger partial charge in [0.05, 0.1) is 17.6 Å². The molecule has 0 aliphatic heterocycles. The smallest absolute Gasteiger partial charge is 0.236 e. The van der Waals surface area contributed by atoms with Gasteiger partial charge in [0.25, 0.3) is 0 Å². The Morgan fingerprint density at radius 1 is 0.889 bits per heavy atom. The average molecular weight is 261 g/mol. The van der Waals surface area contributed by atoms with Gasteiger partial charge in [0.15, 0.2) is 0 Å². The SMILES string of the molecule is Cc1ccccc1N(c1ccccc1)S(C)(=O)=O. The normalized spacial score (nSPS) is 11.2. The van der Waals surface area contributed by atoms with E-state index in [1.165, 1.54) is 10.6 Å². The third kappa shape index (κ3) is 2.54. The average Bonchev–Trinajstić information content (AvgIpc) is 2.32. The van der Waals surface area contributed by atoms with E-state index in [2.05, 4.69) is 0 Å². The first-order chi connectivity index (χ1) is 8.50. The van der Waals surface area contributed by atoms with Crippen LogP contribution >= 0.6 is 0 Å². The first kappa shape index (κ1) is 12.6. The predicted octanol–water partition coefficient (Wildman–Crippen LogP) is 3.09. The van der Waals surface area contributed by atoms with Crippen molar-refractivity contribution >= 4 is 21.4 Å². The van der Waals surface area contributed by atoms with Crippen molar-refractivity contribution in [2.75, 3.05) is 10.6 Å². The molecule has 0 N–H and O–H groups in total.